The Morgan fingerprint density at radius 1 is 1.29 bits per heavy atom. The molecule has 2 aromatic rings. The second-order valence-corrected chi connectivity index (χ2v) is 6.44. The van der Waals surface area contributed by atoms with Crippen molar-refractivity contribution in [2.24, 2.45) is 0 Å². The number of carbonyl (C=O) groups excluding carboxylic acids is 1. The third-order valence-corrected chi connectivity index (χ3v) is 4.16. The number of rotatable bonds is 4. The van der Waals surface area contributed by atoms with Crippen LogP contribution in [0.1, 0.15) is 32.4 Å². The maximum absolute atomic E-state index is 12.8. The molecule has 1 atom stereocenters. The van der Waals surface area contributed by atoms with Crippen LogP contribution in [0.4, 0.5) is 10.8 Å². The molecule has 1 aromatic carbocycles. The van der Waals surface area contributed by atoms with Crippen molar-refractivity contribution >= 4 is 39.7 Å². The summed E-state index contributed by atoms with van der Waals surface area (Å²) in [7, 11) is 0. The van der Waals surface area contributed by atoms with E-state index in [-0.39, 0.29) is 17.9 Å². The molecular formula is C15H18ClN3OS. The lowest BCUT2D eigenvalue weighted by molar-refractivity contribution is -0.120. The first-order valence-electron chi connectivity index (χ1n) is 6.69. The van der Waals surface area contributed by atoms with Crippen molar-refractivity contribution in [1.82, 2.24) is 4.98 Å². The van der Waals surface area contributed by atoms with Gasteiger partial charge in [-0.2, -0.15) is 0 Å². The van der Waals surface area contributed by atoms with Gasteiger partial charge in [-0.1, -0.05) is 11.6 Å². The molecule has 4 nitrogen and oxygen atoms in total. The molecule has 112 valence electrons. The molecule has 1 amide bonds. The summed E-state index contributed by atoms with van der Waals surface area (Å²) < 4.78 is 0. The highest BCUT2D eigenvalue weighted by Gasteiger charge is 2.26. The first-order valence-corrected chi connectivity index (χ1v) is 7.95. The molecule has 0 saturated carbocycles. The minimum atomic E-state index is -0.336. The van der Waals surface area contributed by atoms with Crippen molar-refractivity contribution in [3.05, 3.63) is 40.4 Å². The van der Waals surface area contributed by atoms with E-state index in [1.165, 1.54) is 11.3 Å². The van der Waals surface area contributed by atoms with E-state index in [9.17, 15) is 4.79 Å². The standard InChI is InChI=1S/C15H18ClN3OS/c1-9(2)19(12-6-4-11(16)5-7-12)14(20)10(3)13-8-21-15(17)18-13/h4-10H,1-3H3,(H2,17,18). The number of amides is 1. The fraction of sp³-hybridized carbons (Fsp3) is 0.333. The van der Waals surface area contributed by atoms with Gasteiger partial charge in [-0.3, -0.25) is 4.79 Å². The largest absolute Gasteiger partial charge is 0.375 e. The van der Waals surface area contributed by atoms with Gasteiger partial charge in [0.1, 0.15) is 0 Å². The average molecular weight is 324 g/mol. The highest BCUT2D eigenvalue weighted by molar-refractivity contribution is 7.13. The van der Waals surface area contributed by atoms with E-state index in [0.717, 1.165) is 5.69 Å². The van der Waals surface area contributed by atoms with E-state index in [1.807, 2.05) is 38.3 Å². The molecule has 0 aliphatic rings. The number of nitrogens with zero attached hydrogens (tertiary/aromatic N) is 2. The molecule has 0 bridgehead atoms. The zero-order valence-corrected chi connectivity index (χ0v) is 13.8. The van der Waals surface area contributed by atoms with Crippen molar-refractivity contribution in [2.75, 3.05) is 10.6 Å². The maximum atomic E-state index is 12.8. The van der Waals surface area contributed by atoms with E-state index >= 15 is 0 Å². The number of nitrogens with two attached hydrogens (primary N) is 1. The van der Waals surface area contributed by atoms with Crippen molar-refractivity contribution < 1.29 is 4.79 Å². The molecule has 21 heavy (non-hydrogen) atoms. The Morgan fingerprint density at radius 2 is 1.90 bits per heavy atom. The number of aromatic nitrogens is 1. The van der Waals surface area contributed by atoms with E-state index in [2.05, 4.69) is 4.98 Å². The van der Waals surface area contributed by atoms with Crippen LogP contribution in [0.25, 0.3) is 0 Å². The molecule has 0 spiro atoms. The van der Waals surface area contributed by atoms with Crippen LogP contribution in [0.15, 0.2) is 29.6 Å². The highest BCUT2D eigenvalue weighted by Crippen LogP contribution is 2.27. The van der Waals surface area contributed by atoms with Crippen LogP contribution in [-0.2, 0) is 4.79 Å². The maximum Gasteiger partial charge on any atom is 0.236 e. The predicted octanol–water partition coefficient (Wildman–Crippen LogP) is 3.92. The molecular weight excluding hydrogens is 306 g/mol. The Balaban J connectivity index is 2.29. The first-order chi connectivity index (χ1) is 9.90. The van der Waals surface area contributed by atoms with Crippen molar-refractivity contribution in [2.45, 2.75) is 32.7 Å². The molecule has 0 radical (unpaired) electrons. The lowest BCUT2D eigenvalue weighted by Gasteiger charge is -2.29. The molecule has 0 fully saturated rings. The monoisotopic (exact) mass is 323 g/mol. The van der Waals surface area contributed by atoms with Crippen molar-refractivity contribution in [3.8, 4) is 0 Å². The average Bonchev–Trinajstić information content (AvgIpc) is 2.86. The summed E-state index contributed by atoms with van der Waals surface area (Å²) in [5.74, 6) is -0.339. The molecule has 2 rings (SSSR count). The Morgan fingerprint density at radius 3 is 2.38 bits per heavy atom. The Bertz CT molecular complexity index is 624. The van der Waals surface area contributed by atoms with Crippen LogP contribution in [-0.4, -0.2) is 16.9 Å². The van der Waals surface area contributed by atoms with E-state index in [4.69, 9.17) is 17.3 Å². The number of halogens is 1. The topological polar surface area (TPSA) is 59.2 Å². The van der Waals surface area contributed by atoms with Crippen LogP contribution in [0.3, 0.4) is 0 Å². The van der Waals surface area contributed by atoms with E-state index < -0.39 is 0 Å². The number of anilines is 2. The third-order valence-electron chi connectivity index (χ3n) is 3.21. The van der Waals surface area contributed by atoms with Gasteiger partial charge in [0.2, 0.25) is 5.91 Å². The predicted molar refractivity (Wildman–Crippen MR) is 89.0 cm³/mol. The summed E-state index contributed by atoms with van der Waals surface area (Å²) in [6, 6.07) is 7.30. The minimum Gasteiger partial charge on any atom is -0.375 e. The summed E-state index contributed by atoms with van der Waals surface area (Å²) in [5.41, 5.74) is 7.19. The van der Waals surface area contributed by atoms with Gasteiger partial charge in [-0.15, -0.1) is 11.3 Å². The van der Waals surface area contributed by atoms with Gasteiger partial charge in [-0.25, -0.2) is 4.98 Å². The second kappa shape index (κ2) is 6.45. The quantitative estimate of drug-likeness (QED) is 0.927. The first kappa shape index (κ1) is 15.8. The molecule has 0 saturated heterocycles. The smallest absolute Gasteiger partial charge is 0.236 e. The molecule has 1 aromatic heterocycles. The summed E-state index contributed by atoms with van der Waals surface area (Å²) in [5, 5.41) is 2.96. The fourth-order valence-corrected chi connectivity index (χ4v) is 2.90. The lowest BCUT2D eigenvalue weighted by Crippen LogP contribution is -2.39. The molecule has 1 heterocycles. The highest BCUT2D eigenvalue weighted by atomic mass is 35.5. The second-order valence-electron chi connectivity index (χ2n) is 5.11. The van der Waals surface area contributed by atoms with Crippen molar-refractivity contribution in [1.29, 1.82) is 0 Å². The number of thiazole rings is 1. The Kier molecular flexibility index (Phi) is 4.85. The van der Waals surface area contributed by atoms with Gasteiger partial charge in [0.15, 0.2) is 5.13 Å². The summed E-state index contributed by atoms with van der Waals surface area (Å²) in [6.45, 7) is 5.81. The van der Waals surface area contributed by atoms with Gasteiger partial charge in [0.05, 0.1) is 11.6 Å². The van der Waals surface area contributed by atoms with Gasteiger partial charge >= 0.3 is 0 Å². The zero-order valence-electron chi connectivity index (χ0n) is 12.2. The van der Waals surface area contributed by atoms with Crippen LogP contribution in [0.2, 0.25) is 5.02 Å². The summed E-state index contributed by atoms with van der Waals surface area (Å²) >= 11 is 7.26. The minimum absolute atomic E-state index is 0.00220. The fourth-order valence-electron chi connectivity index (χ4n) is 2.12. The molecule has 2 N–H and O–H groups in total. The Hall–Kier alpha value is -1.59. The van der Waals surface area contributed by atoms with E-state index in [0.29, 0.717) is 15.8 Å². The van der Waals surface area contributed by atoms with E-state index in [1.54, 1.807) is 17.0 Å². The van der Waals surface area contributed by atoms with Crippen molar-refractivity contribution in [3.63, 3.8) is 0 Å². The van der Waals surface area contributed by atoms with Crippen LogP contribution in [0.5, 0.6) is 0 Å². The number of nitrogen functional groups attached to an aromatic ring is 1. The molecule has 0 aliphatic carbocycles. The molecule has 6 heteroatoms. The number of hydrogen-bond acceptors (Lipinski definition) is 4. The molecule has 0 aliphatic heterocycles. The number of benzene rings is 1. The number of carbonyl (C=O) groups is 1. The zero-order chi connectivity index (χ0) is 15.6. The lowest BCUT2D eigenvalue weighted by atomic mass is 10.1. The summed E-state index contributed by atoms with van der Waals surface area (Å²) in [6.07, 6.45) is 0. The number of hydrogen-bond donors (Lipinski definition) is 1. The van der Waals surface area contributed by atoms with Crippen LogP contribution >= 0.6 is 22.9 Å². The van der Waals surface area contributed by atoms with Crippen LogP contribution < -0.4 is 10.6 Å². The van der Waals surface area contributed by atoms with Gasteiger partial charge in [0.25, 0.3) is 0 Å². The van der Waals surface area contributed by atoms with Gasteiger partial charge in [0, 0.05) is 22.1 Å². The van der Waals surface area contributed by atoms with Crippen LogP contribution in [0, 0.1) is 0 Å². The molecule has 1 unspecified atom stereocenters. The normalized spacial score (nSPS) is 12.4. The summed E-state index contributed by atoms with van der Waals surface area (Å²) in [4.78, 5) is 18.8. The Labute approximate surface area is 133 Å². The van der Waals surface area contributed by atoms with Gasteiger partial charge in [-0.05, 0) is 45.0 Å². The third kappa shape index (κ3) is 3.54. The SMILES string of the molecule is CC(C(=O)N(c1ccc(Cl)cc1)C(C)C)c1csc(N)n1. The van der Waals surface area contributed by atoms with Gasteiger partial charge < -0.3 is 10.6 Å².